The Bertz CT molecular complexity index is 1080. The Hall–Kier alpha value is -3.40. The first kappa shape index (κ1) is 18.0. The third kappa shape index (κ3) is 3.81. The summed E-state index contributed by atoms with van der Waals surface area (Å²) in [5, 5.41) is 11.8. The lowest BCUT2D eigenvalue weighted by Crippen LogP contribution is -2.36. The van der Waals surface area contributed by atoms with Gasteiger partial charge in [-0.05, 0) is 46.0 Å². The molecule has 1 amide bonds. The Morgan fingerprint density at radius 2 is 1.64 bits per heavy atom. The van der Waals surface area contributed by atoms with Crippen LogP contribution in [0.3, 0.4) is 0 Å². The van der Waals surface area contributed by atoms with E-state index < -0.39 is 5.97 Å². The monoisotopic (exact) mass is 371 g/mol. The van der Waals surface area contributed by atoms with Crippen LogP contribution in [0.1, 0.15) is 23.1 Å². The molecule has 28 heavy (non-hydrogen) atoms. The van der Waals surface area contributed by atoms with E-state index in [1.807, 2.05) is 60.7 Å². The smallest absolute Gasteiger partial charge is 0.332 e. The standard InChI is InChI=1S/C24H21NO3/c26-23(25-12-11-19-6-2-4-8-21(19)16-25)15-22(24(27)28)14-17-9-10-18-5-1-3-7-20(18)13-17/h1-10,13-14H,11-12,15-16H2,(H,27,28)/b22-14+. The van der Waals surface area contributed by atoms with Crippen LogP contribution in [-0.2, 0) is 22.6 Å². The molecule has 0 radical (unpaired) electrons. The number of benzene rings is 3. The average molecular weight is 371 g/mol. The van der Waals surface area contributed by atoms with Crippen LogP contribution in [-0.4, -0.2) is 28.4 Å². The number of aliphatic carboxylic acids is 1. The van der Waals surface area contributed by atoms with Crippen molar-refractivity contribution in [3.8, 4) is 0 Å². The molecule has 3 aromatic rings. The summed E-state index contributed by atoms with van der Waals surface area (Å²) >= 11 is 0. The second kappa shape index (κ2) is 7.69. The summed E-state index contributed by atoms with van der Waals surface area (Å²) in [6.07, 6.45) is 2.30. The quantitative estimate of drug-likeness (QED) is 0.697. The van der Waals surface area contributed by atoms with Crippen molar-refractivity contribution in [3.63, 3.8) is 0 Å². The average Bonchev–Trinajstić information content (AvgIpc) is 2.72. The summed E-state index contributed by atoms with van der Waals surface area (Å²) in [5.74, 6) is -1.21. The second-order valence-corrected chi connectivity index (χ2v) is 7.09. The van der Waals surface area contributed by atoms with Gasteiger partial charge in [-0.1, -0.05) is 60.7 Å². The van der Waals surface area contributed by atoms with Crippen LogP contribution < -0.4 is 0 Å². The molecule has 0 saturated carbocycles. The molecule has 0 bridgehead atoms. The van der Waals surface area contributed by atoms with Gasteiger partial charge in [0.05, 0.1) is 6.42 Å². The molecule has 1 aliphatic rings. The van der Waals surface area contributed by atoms with Crippen LogP contribution >= 0.6 is 0 Å². The molecule has 0 aliphatic carbocycles. The molecule has 4 rings (SSSR count). The van der Waals surface area contributed by atoms with Gasteiger partial charge in [0.1, 0.15) is 0 Å². The van der Waals surface area contributed by atoms with E-state index >= 15 is 0 Å². The van der Waals surface area contributed by atoms with E-state index in [4.69, 9.17) is 0 Å². The van der Waals surface area contributed by atoms with Crippen molar-refractivity contribution in [1.82, 2.24) is 4.90 Å². The van der Waals surface area contributed by atoms with Crippen LogP contribution in [0.15, 0.2) is 72.3 Å². The number of fused-ring (bicyclic) bond motifs is 2. The van der Waals surface area contributed by atoms with Gasteiger partial charge >= 0.3 is 5.97 Å². The van der Waals surface area contributed by atoms with E-state index in [2.05, 4.69) is 6.07 Å². The molecule has 4 heteroatoms. The van der Waals surface area contributed by atoms with Crippen LogP contribution in [0.2, 0.25) is 0 Å². The topological polar surface area (TPSA) is 57.6 Å². The summed E-state index contributed by atoms with van der Waals surface area (Å²) in [6.45, 7) is 1.16. The largest absolute Gasteiger partial charge is 0.478 e. The number of hydrogen-bond donors (Lipinski definition) is 1. The Balaban J connectivity index is 1.54. The molecule has 0 atom stereocenters. The van der Waals surface area contributed by atoms with E-state index in [0.717, 1.165) is 28.3 Å². The van der Waals surface area contributed by atoms with Gasteiger partial charge in [-0.15, -0.1) is 0 Å². The molecule has 3 aromatic carbocycles. The van der Waals surface area contributed by atoms with E-state index in [0.29, 0.717) is 13.1 Å². The number of nitrogens with zero attached hydrogens (tertiary/aromatic N) is 1. The van der Waals surface area contributed by atoms with Crippen LogP contribution in [0.4, 0.5) is 0 Å². The van der Waals surface area contributed by atoms with Crippen molar-refractivity contribution in [2.45, 2.75) is 19.4 Å². The predicted molar refractivity (Wildman–Crippen MR) is 110 cm³/mol. The molecule has 0 aromatic heterocycles. The van der Waals surface area contributed by atoms with Crippen LogP contribution in [0.25, 0.3) is 16.8 Å². The third-order valence-corrected chi connectivity index (χ3v) is 5.21. The van der Waals surface area contributed by atoms with Crippen molar-refractivity contribution < 1.29 is 14.7 Å². The number of amides is 1. The molecule has 1 N–H and O–H groups in total. The van der Waals surface area contributed by atoms with E-state index in [9.17, 15) is 14.7 Å². The number of carbonyl (C=O) groups is 2. The van der Waals surface area contributed by atoms with E-state index in [-0.39, 0.29) is 17.9 Å². The lowest BCUT2D eigenvalue weighted by atomic mass is 9.99. The maximum atomic E-state index is 12.7. The minimum atomic E-state index is -1.06. The zero-order valence-corrected chi connectivity index (χ0v) is 15.5. The molecule has 4 nitrogen and oxygen atoms in total. The first-order valence-electron chi connectivity index (χ1n) is 9.37. The molecule has 0 fully saturated rings. The Labute approximate surface area is 163 Å². The zero-order chi connectivity index (χ0) is 19.5. The Morgan fingerprint density at radius 3 is 2.43 bits per heavy atom. The van der Waals surface area contributed by atoms with Gasteiger partial charge in [-0.3, -0.25) is 4.79 Å². The highest BCUT2D eigenvalue weighted by atomic mass is 16.4. The van der Waals surface area contributed by atoms with Crippen LogP contribution in [0, 0.1) is 0 Å². The minimum absolute atomic E-state index is 0.107. The molecule has 1 heterocycles. The fourth-order valence-electron chi connectivity index (χ4n) is 3.67. The van der Waals surface area contributed by atoms with Gasteiger partial charge in [-0.25, -0.2) is 4.79 Å². The summed E-state index contributed by atoms with van der Waals surface area (Å²) in [7, 11) is 0. The molecule has 1 aliphatic heterocycles. The first-order chi connectivity index (χ1) is 13.6. The number of carboxylic acids is 1. The second-order valence-electron chi connectivity index (χ2n) is 7.09. The van der Waals surface area contributed by atoms with E-state index in [1.54, 1.807) is 11.0 Å². The molecule has 140 valence electrons. The fraction of sp³-hybridized carbons (Fsp3) is 0.167. The van der Waals surface area contributed by atoms with Gasteiger partial charge < -0.3 is 10.0 Å². The van der Waals surface area contributed by atoms with E-state index in [1.165, 1.54) is 5.56 Å². The van der Waals surface area contributed by atoms with Crippen molar-refractivity contribution in [1.29, 1.82) is 0 Å². The predicted octanol–water partition coefficient (Wildman–Crippen LogP) is 4.28. The number of carboxylic acid groups (broad SMARTS) is 1. The maximum absolute atomic E-state index is 12.7. The fourth-order valence-corrected chi connectivity index (χ4v) is 3.67. The highest BCUT2D eigenvalue weighted by molar-refractivity contribution is 5.99. The summed E-state index contributed by atoms with van der Waals surface area (Å²) in [6, 6.07) is 21.8. The number of hydrogen-bond acceptors (Lipinski definition) is 2. The summed E-state index contributed by atoms with van der Waals surface area (Å²) in [4.78, 5) is 26.2. The Morgan fingerprint density at radius 1 is 0.929 bits per heavy atom. The van der Waals surface area contributed by atoms with Gasteiger partial charge in [0.15, 0.2) is 0 Å². The number of rotatable bonds is 4. The maximum Gasteiger partial charge on any atom is 0.332 e. The summed E-state index contributed by atoms with van der Waals surface area (Å²) in [5.41, 5.74) is 3.29. The van der Waals surface area contributed by atoms with Crippen LogP contribution in [0.5, 0.6) is 0 Å². The van der Waals surface area contributed by atoms with Crippen molar-refractivity contribution in [2.24, 2.45) is 0 Å². The lowest BCUT2D eigenvalue weighted by molar-refractivity contribution is -0.136. The molecule has 0 unspecified atom stereocenters. The molecule has 0 spiro atoms. The van der Waals surface area contributed by atoms with Gasteiger partial charge in [0, 0.05) is 18.7 Å². The van der Waals surface area contributed by atoms with Gasteiger partial charge in [0.25, 0.3) is 0 Å². The Kier molecular flexibility index (Phi) is 4.94. The minimum Gasteiger partial charge on any atom is -0.478 e. The highest BCUT2D eigenvalue weighted by Gasteiger charge is 2.22. The normalized spacial score (nSPS) is 14.0. The van der Waals surface area contributed by atoms with Gasteiger partial charge in [0.2, 0.25) is 5.91 Å². The lowest BCUT2D eigenvalue weighted by Gasteiger charge is -2.29. The van der Waals surface area contributed by atoms with Crippen molar-refractivity contribution >= 4 is 28.7 Å². The molecule has 0 saturated heterocycles. The SMILES string of the molecule is O=C(O)/C(=C/c1ccc2ccccc2c1)CC(=O)N1CCc2ccccc2C1. The zero-order valence-electron chi connectivity index (χ0n) is 15.5. The molecular formula is C24H21NO3. The van der Waals surface area contributed by atoms with Crippen molar-refractivity contribution in [3.05, 3.63) is 89.0 Å². The van der Waals surface area contributed by atoms with Crippen molar-refractivity contribution in [2.75, 3.05) is 6.54 Å². The first-order valence-corrected chi connectivity index (χ1v) is 9.37. The number of carbonyl (C=O) groups excluding carboxylic acids is 1. The van der Waals surface area contributed by atoms with Gasteiger partial charge in [-0.2, -0.15) is 0 Å². The molecular weight excluding hydrogens is 350 g/mol. The summed E-state index contributed by atoms with van der Waals surface area (Å²) < 4.78 is 0. The third-order valence-electron chi connectivity index (χ3n) is 5.21. The highest BCUT2D eigenvalue weighted by Crippen LogP contribution is 2.22.